The lowest BCUT2D eigenvalue weighted by Gasteiger charge is -2.07. The van der Waals surface area contributed by atoms with Crippen molar-refractivity contribution < 1.29 is 9.53 Å². The summed E-state index contributed by atoms with van der Waals surface area (Å²) in [4.78, 5) is 11.0. The maximum absolute atomic E-state index is 11.0. The highest BCUT2D eigenvalue weighted by Crippen LogP contribution is 2.23. The van der Waals surface area contributed by atoms with Crippen LogP contribution in [0, 0.1) is 0 Å². The lowest BCUT2D eigenvalue weighted by Crippen LogP contribution is -1.96. The van der Waals surface area contributed by atoms with Gasteiger partial charge < -0.3 is 4.74 Å². The largest absolute Gasteiger partial charge is 0.494 e. The number of carbonyl (C=O) groups is 1. The van der Waals surface area contributed by atoms with E-state index in [1.165, 1.54) is 0 Å². The Morgan fingerprint density at radius 2 is 1.62 bits per heavy atom. The van der Waals surface area contributed by atoms with Crippen LogP contribution in [-0.2, 0) is 4.79 Å². The summed E-state index contributed by atoms with van der Waals surface area (Å²) < 4.78 is 5.74. The van der Waals surface area contributed by atoms with Gasteiger partial charge >= 0.3 is 0 Å². The molecule has 0 spiro atoms. The normalized spacial score (nSPS) is 10.7. The van der Waals surface area contributed by atoms with Gasteiger partial charge in [-0.05, 0) is 61.1 Å². The second-order valence-corrected chi connectivity index (χ2v) is 5.72. The van der Waals surface area contributed by atoms with Crippen molar-refractivity contribution in [3.63, 3.8) is 0 Å². The number of unbranched alkanes of at least 4 members (excludes halogenated alkanes) is 2. The van der Waals surface area contributed by atoms with Crippen molar-refractivity contribution >= 4 is 11.9 Å². The number of hydrogen-bond acceptors (Lipinski definition) is 2. The molecule has 0 fully saturated rings. The van der Waals surface area contributed by atoms with Gasteiger partial charge in [0, 0.05) is 0 Å². The minimum Gasteiger partial charge on any atom is -0.494 e. The van der Waals surface area contributed by atoms with Crippen LogP contribution in [0.5, 0.6) is 5.75 Å². The van der Waals surface area contributed by atoms with Gasteiger partial charge in [0.2, 0.25) is 0 Å². The van der Waals surface area contributed by atoms with E-state index in [9.17, 15) is 4.79 Å². The monoisotopic (exact) mass is 320 g/mol. The molecule has 0 aliphatic rings. The molecule has 2 rings (SSSR count). The van der Waals surface area contributed by atoms with Crippen molar-refractivity contribution in [2.75, 3.05) is 6.61 Å². The first-order valence-corrected chi connectivity index (χ1v) is 8.32. The molecule has 0 aliphatic heterocycles. The molecule has 2 aromatic carbocycles. The molecule has 0 heterocycles. The number of hydrogen-bond donors (Lipinski definition) is 0. The van der Waals surface area contributed by atoms with Crippen molar-refractivity contribution in [1.82, 2.24) is 0 Å². The molecule has 124 valence electrons. The summed E-state index contributed by atoms with van der Waals surface area (Å²) >= 11 is 0. The third-order valence-electron chi connectivity index (χ3n) is 3.68. The van der Waals surface area contributed by atoms with Gasteiger partial charge in [-0.25, -0.2) is 0 Å². The summed E-state index contributed by atoms with van der Waals surface area (Å²) in [6.07, 6.45) is 8.55. The van der Waals surface area contributed by atoms with Gasteiger partial charge in [-0.15, -0.1) is 6.58 Å². The van der Waals surface area contributed by atoms with E-state index in [0.29, 0.717) is 0 Å². The number of rotatable bonds is 9. The average molecular weight is 320 g/mol. The third-order valence-corrected chi connectivity index (χ3v) is 3.68. The van der Waals surface area contributed by atoms with Gasteiger partial charge in [0.1, 0.15) is 5.75 Å². The Kier molecular flexibility index (Phi) is 7.03. The number of allylic oxidation sites excluding steroid dienone is 2. The van der Waals surface area contributed by atoms with Crippen LogP contribution in [0.15, 0.2) is 67.3 Å². The summed E-state index contributed by atoms with van der Waals surface area (Å²) in [6.45, 7) is 6.01. The number of ketones is 1. The summed E-state index contributed by atoms with van der Waals surface area (Å²) in [5.41, 5.74) is 3.32. The highest BCUT2D eigenvalue weighted by Gasteiger charge is 1.99. The van der Waals surface area contributed by atoms with E-state index in [2.05, 4.69) is 30.8 Å². The fraction of sp³-hybridized carbons (Fsp3) is 0.227. The highest BCUT2D eigenvalue weighted by molar-refractivity contribution is 5.91. The molecule has 0 unspecified atom stereocenters. The summed E-state index contributed by atoms with van der Waals surface area (Å²) in [6, 6.07) is 16.3. The molecular formula is C22H24O2. The first-order chi connectivity index (χ1) is 11.7. The zero-order valence-electron chi connectivity index (χ0n) is 14.2. The quantitative estimate of drug-likeness (QED) is 0.337. The summed E-state index contributed by atoms with van der Waals surface area (Å²) in [5.74, 6) is 0.956. The Morgan fingerprint density at radius 3 is 2.21 bits per heavy atom. The predicted octanol–water partition coefficient (Wildman–Crippen LogP) is 5.69. The van der Waals surface area contributed by atoms with E-state index in [-0.39, 0.29) is 5.78 Å². The first-order valence-electron chi connectivity index (χ1n) is 8.32. The first kappa shape index (κ1) is 17.7. The summed E-state index contributed by atoms with van der Waals surface area (Å²) in [7, 11) is 0. The van der Waals surface area contributed by atoms with E-state index < -0.39 is 0 Å². The van der Waals surface area contributed by atoms with Crippen LogP contribution in [0.2, 0.25) is 0 Å². The Bertz CT molecular complexity index is 679. The van der Waals surface area contributed by atoms with Crippen molar-refractivity contribution in [1.29, 1.82) is 0 Å². The van der Waals surface area contributed by atoms with Crippen molar-refractivity contribution in [3.05, 3.63) is 72.8 Å². The van der Waals surface area contributed by atoms with Crippen LogP contribution >= 0.6 is 0 Å². The molecule has 2 aromatic rings. The molecule has 0 amide bonds. The fourth-order valence-corrected chi connectivity index (χ4v) is 2.32. The Labute approximate surface area is 144 Å². The average Bonchev–Trinajstić information content (AvgIpc) is 2.61. The second-order valence-electron chi connectivity index (χ2n) is 5.72. The Morgan fingerprint density at radius 1 is 1.00 bits per heavy atom. The number of carbonyl (C=O) groups excluding carboxylic acids is 1. The van der Waals surface area contributed by atoms with Crippen LogP contribution in [0.4, 0.5) is 0 Å². The van der Waals surface area contributed by atoms with Crippen molar-refractivity contribution in [3.8, 4) is 16.9 Å². The molecule has 2 nitrogen and oxygen atoms in total. The molecule has 0 aromatic heterocycles. The number of ether oxygens (including phenoxy) is 1. The molecule has 0 atom stereocenters. The molecule has 0 aliphatic carbocycles. The van der Waals surface area contributed by atoms with Crippen molar-refractivity contribution in [2.45, 2.75) is 26.2 Å². The van der Waals surface area contributed by atoms with Gasteiger partial charge in [0.25, 0.3) is 0 Å². The zero-order valence-corrected chi connectivity index (χ0v) is 14.2. The van der Waals surface area contributed by atoms with Crippen LogP contribution in [0.3, 0.4) is 0 Å². The molecule has 0 saturated carbocycles. The van der Waals surface area contributed by atoms with Crippen LogP contribution in [0.25, 0.3) is 17.2 Å². The van der Waals surface area contributed by atoms with Gasteiger partial charge in [-0.2, -0.15) is 0 Å². The Balaban J connectivity index is 1.92. The van der Waals surface area contributed by atoms with Gasteiger partial charge in [0.05, 0.1) is 6.61 Å². The SMILES string of the molecule is C=CCCCCOc1ccc(-c2ccc(C=CC(C)=O)cc2)cc1. The van der Waals surface area contributed by atoms with E-state index >= 15 is 0 Å². The summed E-state index contributed by atoms with van der Waals surface area (Å²) in [5, 5.41) is 0. The predicted molar refractivity (Wildman–Crippen MR) is 101 cm³/mol. The number of benzene rings is 2. The molecule has 0 radical (unpaired) electrons. The molecule has 2 heteroatoms. The molecular weight excluding hydrogens is 296 g/mol. The maximum Gasteiger partial charge on any atom is 0.152 e. The van der Waals surface area contributed by atoms with Gasteiger partial charge in [-0.1, -0.05) is 48.6 Å². The van der Waals surface area contributed by atoms with Crippen LogP contribution in [0.1, 0.15) is 31.7 Å². The maximum atomic E-state index is 11.0. The third kappa shape index (κ3) is 5.88. The van der Waals surface area contributed by atoms with Gasteiger partial charge in [0.15, 0.2) is 5.78 Å². The Hall–Kier alpha value is -2.61. The lowest BCUT2D eigenvalue weighted by molar-refractivity contribution is -0.112. The molecule has 0 N–H and O–H groups in total. The smallest absolute Gasteiger partial charge is 0.152 e. The van der Waals surface area contributed by atoms with E-state index in [1.807, 2.05) is 36.4 Å². The molecule has 0 saturated heterocycles. The highest BCUT2D eigenvalue weighted by atomic mass is 16.5. The van der Waals surface area contributed by atoms with Crippen LogP contribution < -0.4 is 4.74 Å². The molecule has 0 bridgehead atoms. The standard InChI is InChI=1S/C22H24O2/c1-3-4-5-6-17-24-22-15-13-21(14-16-22)20-11-9-19(10-12-20)8-7-18(2)23/h3,7-16H,1,4-6,17H2,2H3. The molecule has 24 heavy (non-hydrogen) atoms. The van der Waals surface area contributed by atoms with E-state index in [4.69, 9.17) is 4.74 Å². The second kappa shape index (κ2) is 9.51. The van der Waals surface area contributed by atoms with E-state index in [0.717, 1.165) is 48.3 Å². The fourth-order valence-electron chi connectivity index (χ4n) is 2.32. The van der Waals surface area contributed by atoms with Crippen LogP contribution in [-0.4, -0.2) is 12.4 Å². The van der Waals surface area contributed by atoms with Crippen molar-refractivity contribution in [2.24, 2.45) is 0 Å². The van der Waals surface area contributed by atoms with Gasteiger partial charge in [-0.3, -0.25) is 4.79 Å². The minimum absolute atomic E-state index is 0.0548. The zero-order chi connectivity index (χ0) is 17.2. The van der Waals surface area contributed by atoms with E-state index in [1.54, 1.807) is 13.0 Å². The topological polar surface area (TPSA) is 26.3 Å². The minimum atomic E-state index is 0.0548. The lowest BCUT2D eigenvalue weighted by atomic mass is 10.0.